The lowest BCUT2D eigenvalue weighted by molar-refractivity contribution is 0.0768. The first-order valence-electron chi connectivity index (χ1n) is 15.6. The number of rotatable bonds is 5. The number of amides is 1. The van der Waals surface area contributed by atoms with Crippen LogP contribution in [0.4, 0.5) is 0 Å². The second-order valence-electron chi connectivity index (χ2n) is 13.5. The molecule has 4 heterocycles. The lowest BCUT2D eigenvalue weighted by Crippen LogP contribution is -2.40. The fourth-order valence-corrected chi connectivity index (χ4v) is 8.70. The number of carbonyl (C=O) groups excluding carboxylic acids is 1. The topological polar surface area (TPSA) is 68.5 Å². The van der Waals surface area contributed by atoms with Gasteiger partial charge in [0.2, 0.25) is 0 Å². The highest BCUT2D eigenvalue weighted by Gasteiger charge is 2.42. The minimum atomic E-state index is -1.23. The number of hydrogen-bond acceptors (Lipinski definition) is 3. The van der Waals surface area contributed by atoms with E-state index < -0.39 is 11.0 Å². The van der Waals surface area contributed by atoms with Crippen LogP contribution in [-0.2, 0) is 24.1 Å². The third kappa shape index (κ3) is 3.66. The van der Waals surface area contributed by atoms with Gasteiger partial charge in [0.1, 0.15) is 5.75 Å². The summed E-state index contributed by atoms with van der Waals surface area (Å²) in [6.07, 6.45) is 3.14. The minimum absolute atomic E-state index is 0.0590. The molecule has 1 amide bonds. The van der Waals surface area contributed by atoms with Crippen LogP contribution in [0.1, 0.15) is 54.7 Å². The summed E-state index contributed by atoms with van der Waals surface area (Å²) >= 11 is 0. The van der Waals surface area contributed by atoms with Crippen molar-refractivity contribution in [2.45, 2.75) is 57.1 Å². The molecule has 45 heavy (non-hydrogen) atoms. The number of hydrogen-bond donors (Lipinski definition) is 1. The molecule has 1 aliphatic carbocycles. The maximum absolute atomic E-state index is 14.5. The predicted octanol–water partition coefficient (Wildman–Crippen LogP) is 7.29. The monoisotopic (exact) mass is 614 g/mol. The van der Waals surface area contributed by atoms with Crippen LogP contribution in [0.25, 0.3) is 49.3 Å². The molecule has 2 aromatic heterocycles. The van der Waals surface area contributed by atoms with Gasteiger partial charge >= 0.3 is 0 Å². The van der Waals surface area contributed by atoms with Gasteiger partial charge in [0.15, 0.2) is 0 Å². The SMILES string of the molecule is COc1ccc(CN2Cc3c(c4c5ccccc5n5c4c4c3c3ccccc3n4C3=C[C@@H]5CC3NS(=O)C(C)(C)C)C2=O)cc1. The number of nitrogens with zero attached hydrogens (tertiary/aromatic N) is 3. The van der Waals surface area contributed by atoms with E-state index in [1.54, 1.807) is 7.11 Å². The Morgan fingerprint density at radius 2 is 1.60 bits per heavy atom. The van der Waals surface area contributed by atoms with Crippen LogP contribution < -0.4 is 9.46 Å². The maximum atomic E-state index is 14.5. The van der Waals surface area contributed by atoms with E-state index in [-0.39, 0.29) is 22.7 Å². The van der Waals surface area contributed by atoms with Crippen molar-refractivity contribution in [1.82, 2.24) is 18.8 Å². The van der Waals surface area contributed by atoms with Crippen LogP contribution in [0.2, 0.25) is 0 Å². The van der Waals surface area contributed by atoms with Crippen LogP contribution in [0.15, 0.2) is 78.9 Å². The van der Waals surface area contributed by atoms with Gasteiger partial charge < -0.3 is 18.8 Å². The zero-order chi connectivity index (χ0) is 30.8. The summed E-state index contributed by atoms with van der Waals surface area (Å²) in [6, 6.07) is 25.0. The van der Waals surface area contributed by atoms with Crippen LogP contribution in [-0.4, -0.2) is 42.0 Å². The van der Waals surface area contributed by atoms with Gasteiger partial charge in [-0.3, -0.25) is 4.79 Å². The number of benzene rings is 4. The fourth-order valence-electron chi connectivity index (χ4n) is 7.87. The molecule has 9 rings (SSSR count). The molecule has 0 saturated carbocycles. The van der Waals surface area contributed by atoms with Crippen molar-refractivity contribution in [2.75, 3.05) is 7.11 Å². The zero-order valence-electron chi connectivity index (χ0n) is 25.8. The molecule has 2 unspecified atom stereocenters. The summed E-state index contributed by atoms with van der Waals surface area (Å²) in [7, 11) is 0.436. The molecule has 4 aromatic carbocycles. The Kier molecular flexibility index (Phi) is 5.58. The molecular weight excluding hydrogens is 580 g/mol. The molecule has 8 heteroatoms. The predicted molar refractivity (Wildman–Crippen MR) is 182 cm³/mol. The number of nitrogens with one attached hydrogen (secondary N) is 1. The second-order valence-corrected chi connectivity index (χ2v) is 15.5. The summed E-state index contributed by atoms with van der Waals surface area (Å²) in [4.78, 5) is 16.5. The van der Waals surface area contributed by atoms with Gasteiger partial charge in [-0.15, -0.1) is 0 Å². The smallest absolute Gasteiger partial charge is 0.255 e. The number of aromatic nitrogens is 2. The average molecular weight is 615 g/mol. The first-order chi connectivity index (χ1) is 21.7. The molecule has 226 valence electrons. The quantitative estimate of drug-likeness (QED) is 0.222. The fraction of sp³-hybridized carbons (Fsp3) is 0.270. The summed E-state index contributed by atoms with van der Waals surface area (Å²) in [5, 5.41) is 4.44. The van der Waals surface area contributed by atoms with Gasteiger partial charge in [0, 0.05) is 45.8 Å². The molecule has 3 atom stereocenters. The lowest BCUT2D eigenvalue weighted by atomic mass is 9.97. The van der Waals surface area contributed by atoms with Gasteiger partial charge in [-0.05, 0) is 68.7 Å². The summed E-state index contributed by atoms with van der Waals surface area (Å²) in [5.74, 6) is 0.880. The average Bonchev–Trinajstić information content (AvgIpc) is 3.74. The standard InChI is InChI=1S/C37H34N4O3S/c1-37(2,3)45(43)38-27-17-22-18-30(27)41-29-12-8-5-9-24(29)31-26-20-39(19-21-13-15-23(44-4)16-14-21)36(42)33(26)32-25-10-6-7-11-28(25)40(22)35(32)34(31)41/h5-16,18,22,27,38H,17,19-20H2,1-4H3/t22-,27?,45?/m0/s1. The van der Waals surface area contributed by atoms with Gasteiger partial charge in [0.05, 0.1) is 57.0 Å². The number of ether oxygens (including phenoxy) is 1. The van der Waals surface area contributed by atoms with Crippen molar-refractivity contribution in [3.63, 3.8) is 0 Å². The maximum Gasteiger partial charge on any atom is 0.255 e. The van der Waals surface area contributed by atoms with Crippen LogP contribution in [0.5, 0.6) is 5.75 Å². The normalized spacial score (nSPS) is 19.7. The Labute approximate surface area is 263 Å². The van der Waals surface area contributed by atoms with E-state index in [1.165, 1.54) is 0 Å². The van der Waals surface area contributed by atoms with Gasteiger partial charge in [0.25, 0.3) is 5.91 Å². The van der Waals surface area contributed by atoms with E-state index in [0.29, 0.717) is 13.1 Å². The molecule has 1 N–H and O–H groups in total. The third-order valence-corrected chi connectivity index (χ3v) is 11.4. The van der Waals surface area contributed by atoms with Crippen molar-refractivity contribution in [3.05, 3.63) is 95.6 Å². The second kappa shape index (κ2) is 9.31. The highest BCUT2D eigenvalue weighted by molar-refractivity contribution is 7.84. The Hall–Kier alpha value is -4.40. The summed E-state index contributed by atoms with van der Waals surface area (Å²) in [5.41, 5.74) is 8.62. The lowest BCUT2D eigenvalue weighted by Gasteiger charge is -2.26. The third-order valence-electron chi connectivity index (χ3n) is 9.84. The molecule has 0 saturated heterocycles. The molecule has 7 nitrogen and oxygen atoms in total. The van der Waals surface area contributed by atoms with Crippen molar-refractivity contribution < 1.29 is 13.7 Å². The number of methoxy groups -OCH3 is 1. The molecule has 0 fully saturated rings. The Morgan fingerprint density at radius 3 is 2.31 bits per heavy atom. The number of carbonyl (C=O) groups is 1. The summed E-state index contributed by atoms with van der Waals surface area (Å²) < 4.78 is 26.8. The van der Waals surface area contributed by atoms with Crippen molar-refractivity contribution in [3.8, 4) is 5.75 Å². The van der Waals surface area contributed by atoms with Gasteiger partial charge in [-0.25, -0.2) is 8.93 Å². The van der Waals surface area contributed by atoms with Crippen LogP contribution >= 0.6 is 0 Å². The van der Waals surface area contributed by atoms with E-state index in [0.717, 1.165) is 78.2 Å². The van der Waals surface area contributed by atoms with Crippen LogP contribution in [0.3, 0.4) is 0 Å². The summed E-state index contributed by atoms with van der Waals surface area (Å²) in [6.45, 7) is 7.10. The molecule has 2 bridgehead atoms. The Bertz CT molecular complexity index is 2300. The van der Waals surface area contributed by atoms with Crippen molar-refractivity contribution in [2.24, 2.45) is 0 Å². The Morgan fingerprint density at radius 1 is 0.911 bits per heavy atom. The zero-order valence-corrected chi connectivity index (χ0v) is 26.6. The first-order valence-corrected chi connectivity index (χ1v) is 16.7. The molecule has 2 aliphatic heterocycles. The van der Waals surface area contributed by atoms with Crippen molar-refractivity contribution >= 4 is 66.2 Å². The number of fused-ring (bicyclic) bond motifs is 12. The van der Waals surface area contributed by atoms with Crippen molar-refractivity contribution in [1.29, 1.82) is 0 Å². The number of para-hydroxylation sites is 2. The van der Waals surface area contributed by atoms with Gasteiger partial charge in [-0.2, -0.15) is 0 Å². The molecule has 6 aromatic rings. The largest absolute Gasteiger partial charge is 0.497 e. The van der Waals surface area contributed by atoms with E-state index in [2.05, 4.69) is 68.5 Å². The minimum Gasteiger partial charge on any atom is -0.497 e. The highest BCUT2D eigenvalue weighted by atomic mass is 32.2. The van der Waals surface area contributed by atoms with E-state index in [4.69, 9.17) is 4.74 Å². The van der Waals surface area contributed by atoms with E-state index in [9.17, 15) is 9.00 Å². The van der Waals surface area contributed by atoms with Crippen LogP contribution in [0, 0.1) is 0 Å². The molecule has 0 radical (unpaired) electrons. The molecule has 0 spiro atoms. The molecular formula is C37H34N4O3S. The van der Waals surface area contributed by atoms with E-state index >= 15 is 0 Å². The molecule has 3 aliphatic rings. The highest BCUT2D eigenvalue weighted by Crippen LogP contribution is 2.52. The first kappa shape index (κ1) is 27.0. The Balaban J connectivity index is 1.34. The van der Waals surface area contributed by atoms with E-state index in [1.807, 2.05) is 49.9 Å². The van der Waals surface area contributed by atoms with Gasteiger partial charge in [-0.1, -0.05) is 48.5 Å². The number of allylic oxidation sites excluding steroid dienone is 1.